The Morgan fingerprint density at radius 1 is 1.22 bits per heavy atom. The summed E-state index contributed by atoms with van der Waals surface area (Å²) >= 11 is 0. The second-order valence-electron chi connectivity index (χ2n) is 5.24. The Bertz CT molecular complexity index is 326. The van der Waals surface area contributed by atoms with Crippen molar-refractivity contribution in [1.82, 2.24) is 10.6 Å². The number of urea groups is 1. The Morgan fingerprint density at radius 2 is 1.78 bits per heavy atom. The van der Waals surface area contributed by atoms with Gasteiger partial charge in [-0.15, -0.1) is 0 Å². The highest BCUT2D eigenvalue weighted by Gasteiger charge is 2.26. The quantitative estimate of drug-likeness (QED) is 0.672. The minimum absolute atomic E-state index is 0.00672. The maximum Gasteiger partial charge on any atom is 0.321 e. The van der Waals surface area contributed by atoms with E-state index in [9.17, 15) is 14.4 Å². The molecule has 0 aliphatic heterocycles. The van der Waals surface area contributed by atoms with Gasteiger partial charge >= 0.3 is 12.0 Å². The molecule has 0 spiro atoms. The standard InChI is InChI=1S/C12H22N2O4/c1-5-8(2)13-11(18)14-9(15)6-12(3,4)7-10(16)17/h8H,5-7H2,1-4H3,(H,16,17)(H2,13,14,15,18). The maximum atomic E-state index is 11.6. The van der Waals surface area contributed by atoms with E-state index in [1.54, 1.807) is 13.8 Å². The summed E-state index contributed by atoms with van der Waals surface area (Å²) in [6, 6.07) is -0.551. The van der Waals surface area contributed by atoms with Crippen LogP contribution in [-0.4, -0.2) is 29.1 Å². The van der Waals surface area contributed by atoms with Crippen molar-refractivity contribution in [2.45, 2.75) is 53.0 Å². The van der Waals surface area contributed by atoms with Gasteiger partial charge in [0.2, 0.25) is 5.91 Å². The molecule has 3 amide bonds. The van der Waals surface area contributed by atoms with Gasteiger partial charge < -0.3 is 10.4 Å². The molecule has 0 radical (unpaired) electrons. The molecule has 0 saturated carbocycles. The second-order valence-corrected chi connectivity index (χ2v) is 5.24. The van der Waals surface area contributed by atoms with E-state index in [-0.39, 0.29) is 18.9 Å². The number of carboxylic acid groups (broad SMARTS) is 1. The molecule has 0 rings (SSSR count). The second kappa shape index (κ2) is 6.98. The number of carboxylic acids is 1. The van der Waals surface area contributed by atoms with E-state index in [1.165, 1.54) is 0 Å². The van der Waals surface area contributed by atoms with Crippen molar-refractivity contribution in [2.75, 3.05) is 0 Å². The summed E-state index contributed by atoms with van der Waals surface area (Å²) < 4.78 is 0. The van der Waals surface area contributed by atoms with Crippen LogP contribution in [0.5, 0.6) is 0 Å². The molecule has 6 heteroatoms. The minimum atomic E-state index is -0.961. The number of amides is 3. The normalized spacial score (nSPS) is 12.7. The average molecular weight is 258 g/mol. The number of imide groups is 1. The van der Waals surface area contributed by atoms with Gasteiger partial charge in [-0.25, -0.2) is 4.79 Å². The van der Waals surface area contributed by atoms with Gasteiger partial charge in [0, 0.05) is 12.5 Å². The number of carbonyl (C=O) groups is 3. The van der Waals surface area contributed by atoms with Crippen molar-refractivity contribution in [3.63, 3.8) is 0 Å². The smallest absolute Gasteiger partial charge is 0.321 e. The number of nitrogens with one attached hydrogen (secondary N) is 2. The lowest BCUT2D eigenvalue weighted by atomic mass is 9.85. The van der Waals surface area contributed by atoms with Crippen LogP contribution in [0.3, 0.4) is 0 Å². The van der Waals surface area contributed by atoms with Crippen LogP contribution in [0.2, 0.25) is 0 Å². The lowest BCUT2D eigenvalue weighted by molar-refractivity contribution is -0.139. The van der Waals surface area contributed by atoms with Gasteiger partial charge in [0.1, 0.15) is 0 Å². The molecule has 0 aliphatic carbocycles. The van der Waals surface area contributed by atoms with E-state index in [1.807, 2.05) is 13.8 Å². The van der Waals surface area contributed by atoms with Crippen LogP contribution in [0.15, 0.2) is 0 Å². The molecule has 6 nitrogen and oxygen atoms in total. The van der Waals surface area contributed by atoms with Gasteiger partial charge in [-0.05, 0) is 18.8 Å². The van der Waals surface area contributed by atoms with Crippen LogP contribution in [0, 0.1) is 5.41 Å². The first-order chi connectivity index (χ1) is 8.16. The molecule has 0 aromatic heterocycles. The lowest BCUT2D eigenvalue weighted by Gasteiger charge is -2.21. The fraction of sp³-hybridized carbons (Fsp3) is 0.750. The van der Waals surface area contributed by atoms with E-state index in [4.69, 9.17) is 5.11 Å². The Labute approximate surface area is 107 Å². The zero-order valence-electron chi connectivity index (χ0n) is 11.4. The van der Waals surface area contributed by atoms with Gasteiger partial charge in [-0.1, -0.05) is 20.8 Å². The summed E-state index contributed by atoms with van der Waals surface area (Å²) in [6.07, 6.45) is 0.646. The number of hydrogen-bond acceptors (Lipinski definition) is 3. The first-order valence-electron chi connectivity index (χ1n) is 5.98. The first kappa shape index (κ1) is 16.4. The Kier molecular flexibility index (Phi) is 6.36. The van der Waals surface area contributed by atoms with Crippen molar-refractivity contribution >= 4 is 17.9 Å². The molecule has 0 heterocycles. The monoisotopic (exact) mass is 258 g/mol. The highest BCUT2D eigenvalue weighted by molar-refractivity contribution is 5.94. The van der Waals surface area contributed by atoms with Gasteiger partial charge in [-0.2, -0.15) is 0 Å². The van der Waals surface area contributed by atoms with Gasteiger partial charge in [0.25, 0.3) is 0 Å². The largest absolute Gasteiger partial charge is 0.481 e. The summed E-state index contributed by atoms with van der Waals surface area (Å²) in [4.78, 5) is 33.5. The molecule has 1 atom stereocenters. The molecule has 104 valence electrons. The number of carbonyl (C=O) groups excluding carboxylic acids is 2. The van der Waals surface area contributed by atoms with Crippen LogP contribution in [-0.2, 0) is 9.59 Å². The predicted octanol–water partition coefficient (Wildman–Crippen LogP) is 1.50. The fourth-order valence-electron chi connectivity index (χ4n) is 1.44. The molecular weight excluding hydrogens is 236 g/mol. The molecule has 0 aromatic carbocycles. The van der Waals surface area contributed by atoms with Gasteiger partial charge in [-0.3, -0.25) is 14.9 Å². The highest BCUT2D eigenvalue weighted by atomic mass is 16.4. The molecule has 0 fully saturated rings. The zero-order valence-corrected chi connectivity index (χ0v) is 11.4. The topological polar surface area (TPSA) is 95.5 Å². The van der Waals surface area contributed by atoms with Crippen molar-refractivity contribution in [3.8, 4) is 0 Å². The molecule has 0 saturated heterocycles. The number of rotatable bonds is 6. The molecule has 1 unspecified atom stereocenters. The van der Waals surface area contributed by atoms with Crippen LogP contribution >= 0.6 is 0 Å². The number of aliphatic carboxylic acids is 1. The lowest BCUT2D eigenvalue weighted by Crippen LogP contribution is -2.44. The maximum absolute atomic E-state index is 11.6. The van der Waals surface area contributed by atoms with Gasteiger partial charge in [0.15, 0.2) is 0 Å². The fourth-order valence-corrected chi connectivity index (χ4v) is 1.44. The summed E-state index contributed by atoms with van der Waals surface area (Å²) in [5.74, 6) is -1.43. The third-order valence-corrected chi connectivity index (χ3v) is 2.51. The molecule has 3 N–H and O–H groups in total. The molecule has 0 bridgehead atoms. The van der Waals surface area contributed by atoms with Crippen LogP contribution in [0.1, 0.15) is 47.0 Å². The van der Waals surface area contributed by atoms with Crippen LogP contribution < -0.4 is 10.6 Å². The van der Waals surface area contributed by atoms with Crippen molar-refractivity contribution in [1.29, 1.82) is 0 Å². The van der Waals surface area contributed by atoms with Crippen molar-refractivity contribution in [3.05, 3.63) is 0 Å². The van der Waals surface area contributed by atoms with E-state index in [2.05, 4.69) is 10.6 Å². The van der Waals surface area contributed by atoms with Crippen LogP contribution in [0.4, 0.5) is 4.79 Å². The summed E-state index contributed by atoms with van der Waals surface area (Å²) in [6.45, 7) is 7.10. The summed E-state index contributed by atoms with van der Waals surface area (Å²) in [7, 11) is 0. The zero-order chi connectivity index (χ0) is 14.3. The summed E-state index contributed by atoms with van der Waals surface area (Å²) in [5.41, 5.74) is -0.674. The predicted molar refractivity (Wildman–Crippen MR) is 67.1 cm³/mol. The molecule has 0 aliphatic rings. The van der Waals surface area contributed by atoms with E-state index in [0.29, 0.717) is 0 Å². The highest BCUT2D eigenvalue weighted by Crippen LogP contribution is 2.24. The van der Waals surface area contributed by atoms with E-state index in [0.717, 1.165) is 6.42 Å². The SMILES string of the molecule is CCC(C)NC(=O)NC(=O)CC(C)(C)CC(=O)O. The third kappa shape index (κ3) is 7.65. The van der Waals surface area contributed by atoms with Crippen LogP contribution in [0.25, 0.3) is 0 Å². The third-order valence-electron chi connectivity index (χ3n) is 2.51. The Balaban J connectivity index is 4.18. The van der Waals surface area contributed by atoms with E-state index >= 15 is 0 Å². The van der Waals surface area contributed by atoms with Crippen molar-refractivity contribution in [2.24, 2.45) is 5.41 Å². The van der Waals surface area contributed by atoms with Gasteiger partial charge in [0.05, 0.1) is 6.42 Å². The minimum Gasteiger partial charge on any atom is -0.481 e. The first-order valence-corrected chi connectivity index (χ1v) is 5.98. The molecule has 0 aromatic rings. The van der Waals surface area contributed by atoms with Crippen molar-refractivity contribution < 1.29 is 19.5 Å². The Morgan fingerprint density at radius 3 is 2.22 bits per heavy atom. The average Bonchev–Trinajstić information content (AvgIpc) is 2.13. The summed E-state index contributed by atoms with van der Waals surface area (Å²) in [5, 5.41) is 13.5. The number of hydrogen-bond donors (Lipinski definition) is 3. The molecular formula is C12H22N2O4. The molecule has 18 heavy (non-hydrogen) atoms. The van der Waals surface area contributed by atoms with E-state index < -0.39 is 23.3 Å². The Hall–Kier alpha value is -1.59.